The van der Waals surface area contributed by atoms with Gasteiger partial charge in [0.1, 0.15) is 11.6 Å². The Hall–Kier alpha value is -3.39. The van der Waals surface area contributed by atoms with Gasteiger partial charge in [0.25, 0.3) is 0 Å². The van der Waals surface area contributed by atoms with Crippen molar-refractivity contribution in [1.82, 2.24) is 10.5 Å². The first kappa shape index (κ1) is 19.6. The molecule has 0 spiro atoms. The zero-order valence-corrected chi connectivity index (χ0v) is 17.0. The van der Waals surface area contributed by atoms with Crippen LogP contribution in [0.5, 0.6) is 5.75 Å². The molecule has 2 N–H and O–H groups in total. The Morgan fingerprint density at radius 2 is 1.87 bits per heavy atom. The monoisotopic (exact) mass is 422 g/mol. The third-order valence-electron chi connectivity index (χ3n) is 5.86. The van der Waals surface area contributed by atoms with E-state index in [1.165, 1.54) is 11.0 Å². The molecule has 0 saturated carbocycles. The summed E-state index contributed by atoms with van der Waals surface area (Å²) >= 11 is 0. The van der Waals surface area contributed by atoms with Gasteiger partial charge >= 0.3 is 0 Å². The van der Waals surface area contributed by atoms with Crippen molar-refractivity contribution in [3.63, 3.8) is 0 Å². The van der Waals surface area contributed by atoms with Crippen LogP contribution in [0.4, 0.5) is 15.9 Å². The van der Waals surface area contributed by atoms with Crippen molar-refractivity contribution in [3.8, 4) is 28.2 Å². The van der Waals surface area contributed by atoms with Crippen molar-refractivity contribution < 1.29 is 18.8 Å². The van der Waals surface area contributed by atoms with Gasteiger partial charge in [-0.15, -0.1) is 0 Å². The number of phenolic OH excluding ortho intramolecular Hbond substituents is 1. The molecule has 0 bridgehead atoms. The first-order valence-electron chi connectivity index (χ1n) is 10.5. The minimum atomic E-state index is -0.488. The summed E-state index contributed by atoms with van der Waals surface area (Å²) in [5.41, 5.74) is 1.77. The molecule has 2 fully saturated rings. The number of anilines is 2. The van der Waals surface area contributed by atoms with E-state index in [2.05, 4.69) is 15.4 Å². The number of nitrogens with zero attached hydrogens (tertiary/aromatic N) is 3. The Morgan fingerprint density at radius 1 is 1.06 bits per heavy atom. The number of piperazine rings is 1. The second kappa shape index (κ2) is 8.03. The van der Waals surface area contributed by atoms with E-state index in [1.54, 1.807) is 30.3 Å². The zero-order valence-electron chi connectivity index (χ0n) is 17.0. The van der Waals surface area contributed by atoms with Crippen LogP contribution >= 0.6 is 0 Å². The first-order chi connectivity index (χ1) is 15.1. The van der Waals surface area contributed by atoms with Crippen molar-refractivity contribution in [2.45, 2.75) is 12.8 Å². The first-order valence-corrected chi connectivity index (χ1v) is 10.5. The number of hydrogen-bond donors (Lipinski definition) is 2. The number of para-hydroxylation sites is 1. The molecule has 8 heteroatoms. The fourth-order valence-electron chi connectivity index (χ4n) is 4.21. The number of benzene rings is 2. The van der Waals surface area contributed by atoms with E-state index in [4.69, 9.17) is 4.52 Å². The molecule has 5 rings (SSSR count). The number of aromatic hydroxyl groups is 1. The zero-order chi connectivity index (χ0) is 21.4. The Kier molecular flexibility index (Phi) is 5.07. The smallest absolute Gasteiger partial charge is 0.227 e. The van der Waals surface area contributed by atoms with Gasteiger partial charge < -0.3 is 24.7 Å². The number of carbonyl (C=O) groups is 1. The topological polar surface area (TPSA) is 81.8 Å². The average molecular weight is 422 g/mol. The number of aromatic nitrogens is 1. The molecular formula is C23H23FN4O3. The van der Waals surface area contributed by atoms with Gasteiger partial charge in [0, 0.05) is 50.8 Å². The van der Waals surface area contributed by atoms with Gasteiger partial charge in [-0.1, -0.05) is 23.4 Å². The maximum Gasteiger partial charge on any atom is 0.227 e. The predicted octanol–water partition coefficient (Wildman–Crippen LogP) is 3.39. The molecule has 0 unspecified atom stereocenters. The lowest BCUT2D eigenvalue weighted by atomic mass is 9.99. The third-order valence-corrected chi connectivity index (χ3v) is 5.86. The number of carbonyl (C=O) groups excluding carboxylic acids is 1. The molecule has 3 aromatic rings. The van der Waals surface area contributed by atoms with Crippen molar-refractivity contribution in [1.29, 1.82) is 0 Å². The number of hydrogen-bond acceptors (Lipinski definition) is 6. The summed E-state index contributed by atoms with van der Waals surface area (Å²) in [5.74, 6) is 0.620. The summed E-state index contributed by atoms with van der Waals surface area (Å²) in [5, 5.41) is 18.4. The Bertz CT molecular complexity index is 1120. The lowest BCUT2D eigenvalue weighted by Gasteiger charge is -2.26. The third kappa shape index (κ3) is 3.63. The van der Waals surface area contributed by atoms with Crippen LogP contribution in [0.2, 0.25) is 0 Å². The van der Waals surface area contributed by atoms with Gasteiger partial charge in [0.2, 0.25) is 5.91 Å². The van der Waals surface area contributed by atoms with Crippen LogP contribution in [0.15, 0.2) is 47.0 Å². The van der Waals surface area contributed by atoms with E-state index >= 15 is 0 Å². The number of halogens is 1. The standard InChI is InChI=1S/C23H23FN4O3/c24-18-13-15(6-7-19(18)28-10-2-5-22(28)29)16-3-1-4-17(23(16)30)20-14-21(26-31-20)27-11-8-25-9-12-27/h1,3-4,6-7,13-14,25,30H,2,5,8-12H2. The van der Waals surface area contributed by atoms with Gasteiger partial charge in [0.15, 0.2) is 11.6 Å². The number of phenols is 1. The van der Waals surface area contributed by atoms with Crippen LogP contribution in [0.1, 0.15) is 12.8 Å². The van der Waals surface area contributed by atoms with E-state index in [-0.39, 0.29) is 17.3 Å². The Labute approximate surface area is 179 Å². The number of nitrogens with one attached hydrogen (secondary N) is 1. The van der Waals surface area contributed by atoms with Crippen LogP contribution in [0.3, 0.4) is 0 Å². The molecule has 1 amide bonds. The Morgan fingerprint density at radius 3 is 2.61 bits per heavy atom. The highest BCUT2D eigenvalue weighted by atomic mass is 19.1. The minimum absolute atomic E-state index is 0.00471. The van der Waals surface area contributed by atoms with E-state index in [9.17, 15) is 14.3 Å². The fraction of sp³-hybridized carbons (Fsp3) is 0.304. The molecule has 2 saturated heterocycles. The molecule has 1 aromatic heterocycles. The lowest BCUT2D eigenvalue weighted by molar-refractivity contribution is -0.117. The van der Waals surface area contributed by atoms with Gasteiger partial charge in [0.05, 0.1) is 11.3 Å². The highest BCUT2D eigenvalue weighted by Gasteiger charge is 2.25. The van der Waals surface area contributed by atoms with Gasteiger partial charge in [-0.25, -0.2) is 4.39 Å². The second-order valence-corrected chi connectivity index (χ2v) is 7.80. The average Bonchev–Trinajstić information content (AvgIpc) is 3.44. The number of rotatable bonds is 4. The lowest BCUT2D eigenvalue weighted by Crippen LogP contribution is -2.43. The summed E-state index contributed by atoms with van der Waals surface area (Å²) in [6, 6.07) is 11.7. The van der Waals surface area contributed by atoms with Crippen LogP contribution < -0.4 is 15.1 Å². The van der Waals surface area contributed by atoms with Gasteiger partial charge in [-0.3, -0.25) is 4.79 Å². The summed E-state index contributed by atoms with van der Waals surface area (Å²) in [6.45, 7) is 3.96. The normalized spacial score (nSPS) is 16.9. The summed E-state index contributed by atoms with van der Waals surface area (Å²) in [4.78, 5) is 15.5. The van der Waals surface area contributed by atoms with Crippen molar-refractivity contribution >= 4 is 17.4 Å². The molecular weight excluding hydrogens is 399 g/mol. The fourth-order valence-corrected chi connectivity index (χ4v) is 4.21. The maximum absolute atomic E-state index is 14.8. The quantitative estimate of drug-likeness (QED) is 0.671. The molecule has 0 atom stereocenters. The van der Waals surface area contributed by atoms with Gasteiger partial charge in [-0.05, 0) is 30.2 Å². The molecule has 0 aliphatic carbocycles. The van der Waals surface area contributed by atoms with Gasteiger partial charge in [-0.2, -0.15) is 0 Å². The molecule has 0 radical (unpaired) electrons. The van der Waals surface area contributed by atoms with Crippen LogP contribution in [0.25, 0.3) is 22.5 Å². The largest absolute Gasteiger partial charge is 0.507 e. The molecule has 2 aliphatic rings. The summed E-state index contributed by atoms with van der Waals surface area (Å²) in [7, 11) is 0. The molecule has 31 heavy (non-hydrogen) atoms. The summed E-state index contributed by atoms with van der Waals surface area (Å²) in [6.07, 6.45) is 1.17. The highest BCUT2D eigenvalue weighted by Crippen LogP contribution is 2.40. The second-order valence-electron chi connectivity index (χ2n) is 7.80. The van der Waals surface area contributed by atoms with Crippen molar-refractivity contribution in [2.75, 3.05) is 42.5 Å². The predicted molar refractivity (Wildman–Crippen MR) is 116 cm³/mol. The van der Waals surface area contributed by atoms with E-state index < -0.39 is 5.82 Å². The molecule has 2 aliphatic heterocycles. The van der Waals surface area contributed by atoms with Crippen LogP contribution in [0, 0.1) is 5.82 Å². The van der Waals surface area contributed by atoms with Crippen molar-refractivity contribution in [2.24, 2.45) is 0 Å². The van der Waals surface area contributed by atoms with E-state index in [0.29, 0.717) is 35.4 Å². The highest BCUT2D eigenvalue weighted by molar-refractivity contribution is 5.95. The Balaban J connectivity index is 1.45. The summed E-state index contributed by atoms with van der Waals surface area (Å²) < 4.78 is 20.3. The van der Waals surface area contributed by atoms with Crippen LogP contribution in [-0.2, 0) is 4.79 Å². The molecule has 160 valence electrons. The van der Waals surface area contributed by atoms with E-state index in [1.807, 2.05) is 6.07 Å². The maximum atomic E-state index is 14.8. The molecule has 2 aromatic carbocycles. The minimum Gasteiger partial charge on any atom is -0.507 e. The SMILES string of the molecule is O=C1CCCN1c1ccc(-c2cccc(-c3cc(N4CCNCC4)no3)c2O)cc1F. The molecule has 7 nitrogen and oxygen atoms in total. The number of amides is 1. The van der Waals surface area contributed by atoms with Crippen LogP contribution in [-0.4, -0.2) is 48.9 Å². The van der Waals surface area contributed by atoms with Crippen molar-refractivity contribution in [3.05, 3.63) is 48.3 Å². The van der Waals surface area contributed by atoms with E-state index in [0.717, 1.165) is 38.4 Å². The molecule has 3 heterocycles.